The highest BCUT2D eigenvalue weighted by molar-refractivity contribution is 5.53. The molecule has 0 amide bonds. The Bertz CT molecular complexity index is 431. The number of anilines is 1. The SMILES string of the molecule is CN(Cc1ccc(O)c(N)c1)CC1(O)CCOCC1. The number of phenolic OH excluding ortho intramolecular Hbond substituents is 1. The first-order chi connectivity index (χ1) is 8.98. The summed E-state index contributed by atoms with van der Waals surface area (Å²) in [7, 11) is 1.97. The van der Waals surface area contributed by atoms with Gasteiger partial charge in [0, 0.05) is 39.1 Å². The fourth-order valence-electron chi connectivity index (χ4n) is 2.48. The first-order valence-electron chi connectivity index (χ1n) is 6.55. The van der Waals surface area contributed by atoms with E-state index >= 15 is 0 Å². The molecule has 0 bridgehead atoms. The Morgan fingerprint density at radius 2 is 2.05 bits per heavy atom. The number of rotatable bonds is 4. The van der Waals surface area contributed by atoms with Crippen molar-refractivity contribution in [3.8, 4) is 5.75 Å². The molecule has 106 valence electrons. The van der Waals surface area contributed by atoms with E-state index in [0.29, 0.717) is 44.8 Å². The van der Waals surface area contributed by atoms with E-state index in [0.717, 1.165) is 5.56 Å². The topological polar surface area (TPSA) is 79.0 Å². The van der Waals surface area contributed by atoms with Crippen LogP contribution in [0.2, 0.25) is 0 Å². The van der Waals surface area contributed by atoms with Crippen LogP contribution in [0.3, 0.4) is 0 Å². The molecule has 1 aromatic carbocycles. The monoisotopic (exact) mass is 266 g/mol. The first kappa shape index (κ1) is 14.1. The lowest BCUT2D eigenvalue weighted by Gasteiger charge is -2.35. The summed E-state index contributed by atoms with van der Waals surface area (Å²) in [5.41, 5.74) is 6.42. The molecule has 4 N–H and O–H groups in total. The summed E-state index contributed by atoms with van der Waals surface area (Å²) < 4.78 is 5.27. The molecule has 0 saturated carbocycles. The van der Waals surface area contributed by atoms with E-state index in [1.54, 1.807) is 12.1 Å². The van der Waals surface area contributed by atoms with Gasteiger partial charge >= 0.3 is 0 Å². The molecule has 5 heteroatoms. The standard InChI is InChI=1S/C14H22N2O3/c1-16(10-14(18)4-6-19-7-5-14)9-11-2-3-13(17)12(15)8-11/h2-3,8,17-18H,4-7,9-10,15H2,1H3. The fraction of sp³-hybridized carbons (Fsp3) is 0.571. The molecule has 0 aliphatic carbocycles. The maximum absolute atomic E-state index is 10.4. The summed E-state index contributed by atoms with van der Waals surface area (Å²) in [5.74, 6) is 0.106. The predicted octanol–water partition coefficient (Wildman–Crippen LogP) is 0.948. The average Bonchev–Trinajstić information content (AvgIpc) is 2.34. The lowest BCUT2D eigenvalue weighted by Crippen LogP contribution is -2.45. The lowest BCUT2D eigenvalue weighted by atomic mass is 9.94. The van der Waals surface area contributed by atoms with Crippen LogP contribution >= 0.6 is 0 Å². The number of likely N-dealkylation sites (N-methyl/N-ethyl adjacent to an activating group) is 1. The number of hydrogen-bond acceptors (Lipinski definition) is 5. The van der Waals surface area contributed by atoms with Crippen LogP contribution in [-0.2, 0) is 11.3 Å². The second-order valence-electron chi connectivity index (χ2n) is 5.40. The van der Waals surface area contributed by atoms with E-state index in [4.69, 9.17) is 10.5 Å². The smallest absolute Gasteiger partial charge is 0.138 e. The van der Waals surface area contributed by atoms with Crippen molar-refractivity contribution in [2.24, 2.45) is 0 Å². The molecule has 1 aliphatic heterocycles. The van der Waals surface area contributed by atoms with Crippen LogP contribution in [-0.4, -0.2) is 47.5 Å². The number of ether oxygens (including phenoxy) is 1. The Labute approximate surface area is 113 Å². The maximum Gasteiger partial charge on any atom is 0.138 e. The summed E-state index contributed by atoms with van der Waals surface area (Å²) in [4.78, 5) is 2.07. The van der Waals surface area contributed by atoms with Gasteiger partial charge in [-0.2, -0.15) is 0 Å². The first-order valence-corrected chi connectivity index (χ1v) is 6.55. The summed E-state index contributed by atoms with van der Waals surface area (Å²) >= 11 is 0. The van der Waals surface area contributed by atoms with Crippen molar-refractivity contribution in [2.75, 3.05) is 32.5 Å². The van der Waals surface area contributed by atoms with Gasteiger partial charge in [-0.1, -0.05) is 6.07 Å². The molecule has 0 radical (unpaired) electrons. The van der Waals surface area contributed by atoms with Gasteiger partial charge in [0.1, 0.15) is 5.75 Å². The second-order valence-corrected chi connectivity index (χ2v) is 5.40. The van der Waals surface area contributed by atoms with Crippen molar-refractivity contribution in [1.29, 1.82) is 0 Å². The molecule has 0 aromatic heterocycles. The highest BCUT2D eigenvalue weighted by Crippen LogP contribution is 2.24. The Morgan fingerprint density at radius 3 is 2.68 bits per heavy atom. The van der Waals surface area contributed by atoms with Crippen molar-refractivity contribution < 1.29 is 14.9 Å². The Balaban J connectivity index is 1.93. The van der Waals surface area contributed by atoms with Crippen molar-refractivity contribution in [1.82, 2.24) is 4.90 Å². The van der Waals surface area contributed by atoms with Crippen LogP contribution in [0, 0.1) is 0 Å². The zero-order chi connectivity index (χ0) is 13.9. The summed E-state index contributed by atoms with van der Waals surface area (Å²) in [6, 6.07) is 5.21. The van der Waals surface area contributed by atoms with Crippen LogP contribution in [0.15, 0.2) is 18.2 Å². The summed E-state index contributed by atoms with van der Waals surface area (Å²) in [6.07, 6.45) is 1.35. The van der Waals surface area contributed by atoms with Crippen molar-refractivity contribution in [3.05, 3.63) is 23.8 Å². The number of benzene rings is 1. The van der Waals surface area contributed by atoms with E-state index in [-0.39, 0.29) is 5.75 Å². The van der Waals surface area contributed by atoms with Crippen LogP contribution in [0.1, 0.15) is 18.4 Å². The molecule has 1 fully saturated rings. The zero-order valence-electron chi connectivity index (χ0n) is 11.3. The van der Waals surface area contributed by atoms with E-state index in [9.17, 15) is 10.2 Å². The molecule has 19 heavy (non-hydrogen) atoms. The average molecular weight is 266 g/mol. The number of phenols is 1. The maximum atomic E-state index is 10.4. The van der Waals surface area contributed by atoms with Gasteiger partial charge in [-0.05, 0) is 24.7 Å². The van der Waals surface area contributed by atoms with Crippen molar-refractivity contribution in [3.63, 3.8) is 0 Å². The van der Waals surface area contributed by atoms with Crippen LogP contribution in [0.4, 0.5) is 5.69 Å². The van der Waals surface area contributed by atoms with Gasteiger partial charge < -0.3 is 20.7 Å². The van der Waals surface area contributed by atoms with Gasteiger partial charge in [0.25, 0.3) is 0 Å². The number of aromatic hydroxyl groups is 1. The molecule has 2 rings (SSSR count). The fourth-order valence-corrected chi connectivity index (χ4v) is 2.48. The zero-order valence-corrected chi connectivity index (χ0v) is 11.3. The van der Waals surface area contributed by atoms with Crippen LogP contribution < -0.4 is 5.73 Å². The Morgan fingerprint density at radius 1 is 1.37 bits per heavy atom. The van der Waals surface area contributed by atoms with Gasteiger partial charge in [-0.25, -0.2) is 0 Å². The molecule has 0 atom stereocenters. The summed E-state index contributed by atoms with van der Waals surface area (Å²) in [5, 5.41) is 19.8. The minimum Gasteiger partial charge on any atom is -0.506 e. The number of hydrogen-bond donors (Lipinski definition) is 3. The van der Waals surface area contributed by atoms with Crippen molar-refractivity contribution in [2.45, 2.75) is 25.0 Å². The van der Waals surface area contributed by atoms with Gasteiger partial charge in [-0.15, -0.1) is 0 Å². The quantitative estimate of drug-likeness (QED) is 0.558. The van der Waals surface area contributed by atoms with Crippen LogP contribution in [0.25, 0.3) is 0 Å². The van der Waals surface area contributed by atoms with Gasteiger partial charge in [0.05, 0.1) is 11.3 Å². The third-order valence-corrected chi connectivity index (χ3v) is 3.53. The molecule has 1 heterocycles. The second kappa shape index (κ2) is 5.77. The van der Waals surface area contributed by atoms with E-state index < -0.39 is 5.60 Å². The Kier molecular flexibility index (Phi) is 4.29. The number of nitrogen functional groups attached to an aromatic ring is 1. The van der Waals surface area contributed by atoms with Gasteiger partial charge in [-0.3, -0.25) is 4.90 Å². The largest absolute Gasteiger partial charge is 0.506 e. The molecule has 1 saturated heterocycles. The lowest BCUT2D eigenvalue weighted by molar-refractivity contribution is -0.0777. The van der Waals surface area contributed by atoms with E-state index in [1.165, 1.54) is 0 Å². The van der Waals surface area contributed by atoms with Crippen molar-refractivity contribution >= 4 is 5.69 Å². The third-order valence-electron chi connectivity index (χ3n) is 3.53. The van der Waals surface area contributed by atoms with Gasteiger partial charge in [0.2, 0.25) is 0 Å². The summed E-state index contributed by atoms with van der Waals surface area (Å²) in [6.45, 7) is 2.54. The molecule has 1 aliphatic rings. The number of aliphatic hydroxyl groups is 1. The number of nitrogens with zero attached hydrogens (tertiary/aromatic N) is 1. The molecule has 1 aromatic rings. The van der Waals surface area contributed by atoms with E-state index in [2.05, 4.69) is 4.90 Å². The highest BCUT2D eigenvalue weighted by atomic mass is 16.5. The highest BCUT2D eigenvalue weighted by Gasteiger charge is 2.30. The predicted molar refractivity (Wildman–Crippen MR) is 73.9 cm³/mol. The molecule has 0 unspecified atom stereocenters. The molecular weight excluding hydrogens is 244 g/mol. The van der Waals surface area contributed by atoms with E-state index in [1.807, 2.05) is 13.1 Å². The minimum atomic E-state index is -0.657. The molecule has 5 nitrogen and oxygen atoms in total. The third kappa shape index (κ3) is 3.83. The Hall–Kier alpha value is -1.30. The molecular formula is C14H22N2O3. The number of nitrogens with two attached hydrogens (primary N) is 1. The minimum absolute atomic E-state index is 0.106. The molecule has 0 spiro atoms. The van der Waals surface area contributed by atoms with Crippen LogP contribution in [0.5, 0.6) is 5.75 Å². The normalized spacial score (nSPS) is 18.7. The van der Waals surface area contributed by atoms with Gasteiger partial charge in [0.15, 0.2) is 0 Å².